The number of ether oxygens (including phenoxy) is 1. The van der Waals surface area contributed by atoms with Crippen LogP contribution in [0.3, 0.4) is 0 Å². The maximum absolute atomic E-state index is 11.4. The second-order valence-corrected chi connectivity index (χ2v) is 3.84. The molecule has 0 aromatic heterocycles. The van der Waals surface area contributed by atoms with Crippen LogP contribution in [0.15, 0.2) is 0 Å². The van der Waals surface area contributed by atoms with Crippen molar-refractivity contribution in [2.75, 3.05) is 20.3 Å². The molecule has 0 aromatic rings. The van der Waals surface area contributed by atoms with E-state index in [-0.39, 0.29) is 18.3 Å². The van der Waals surface area contributed by atoms with Gasteiger partial charge in [-0.3, -0.25) is 4.79 Å². The Morgan fingerprint density at radius 3 is 2.87 bits per heavy atom. The fourth-order valence-electron chi connectivity index (χ4n) is 1.98. The van der Waals surface area contributed by atoms with Gasteiger partial charge in [-0.1, -0.05) is 6.42 Å². The molecule has 1 fully saturated rings. The molecule has 4 nitrogen and oxygen atoms in total. The Morgan fingerprint density at radius 1 is 1.53 bits per heavy atom. The minimum absolute atomic E-state index is 0. The first-order valence-electron chi connectivity index (χ1n) is 5.26. The highest BCUT2D eigenvalue weighted by atomic mass is 35.5. The Morgan fingerprint density at radius 2 is 2.27 bits per heavy atom. The summed E-state index contributed by atoms with van der Waals surface area (Å²) >= 11 is 0. The maximum Gasteiger partial charge on any atom is 0.222 e. The SMILES string of the molecule is COCCC(=O)NC1CCCC1CN.Cl. The van der Waals surface area contributed by atoms with Crippen LogP contribution in [-0.4, -0.2) is 32.2 Å². The van der Waals surface area contributed by atoms with E-state index < -0.39 is 0 Å². The van der Waals surface area contributed by atoms with Crippen molar-refractivity contribution in [2.45, 2.75) is 31.7 Å². The van der Waals surface area contributed by atoms with Gasteiger partial charge in [0, 0.05) is 19.6 Å². The van der Waals surface area contributed by atoms with Gasteiger partial charge in [0.05, 0.1) is 6.61 Å². The number of nitrogens with two attached hydrogens (primary N) is 1. The summed E-state index contributed by atoms with van der Waals surface area (Å²) in [5.74, 6) is 0.554. The minimum atomic E-state index is 0. The molecule has 90 valence electrons. The highest BCUT2D eigenvalue weighted by Crippen LogP contribution is 2.24. The Bertz CT molecular complexity index is 190. The van der Waals surface area contributed by atoms with Crippen molar-refractivity contribution in [3.05, 3.63) is 0 Å². The van der Waals surface area contributed by atoms with Crippen LogP contribution in [0.5, 0.6) is 0 Å². The monoisotopic (exact) mass is 236 g/mol. The average molecular weight is 237 g/mol. The zero-order chi connectivity index (χ0) is 10.4. The number of carbonyl (C=O) groups excluding carboxylic acids is 1. The van der Waals surface area contributed by atoms with Crippen LogP contribution in [0.2, 0.25) is 0 Å². The number of nitrogens with one attached hydrogen (secondary N) is 1. The van der Waals surface area contributed by atoms with E-state index in [4.69, 9.17) is 10.5 Å². The summed E-state index contributed by atoms with van der Waals surface area (Å²) < 4.78 is 4.84. The lowest BCUT2D eigenvalue weighted by Gasteiger charge is -2.19. The molecular weight excluding hydrogens is 216 g/mol. The highest BCUT2D eigenvalue weighted by molar-refractivity contribution is 5.85. The largest absolute Gasteiger partial charge is 0.384 e. The van der Waals surface area contributed by atoms with Crippen molar-refractivity contribution in [3.63, 3.8) is 0 Å². The molecule has 1 aliphatic carbocycles. The fourth-order valence-corrected chi connectivity index (χ4v) is 1.98. The van der Waals surface area contributed by atoms with Gasteiger partial charge in [-0.15, -0.1) is 12.4 Å². The van der Waals surface area contributed by atoms with Crippen LogP contribution in [0.4, 0.5) is 0 Å². The van der Waals surface area contributed by atoms with Gasteiger partial charge in [-0.05, 0) is 25.3 Å². The smallest absolute Gasteiger partial charge is 0.222 e. The molecule has 1 rings (SSSR count). The van der Waals surface area contributed by atoms with Gasteiger partial charge >= 0.3 is 0 Å². The summed E-state index contributed by atoms with van der Waals surface area (Å²) in [6.45, 7) is 1.17. The third-order valence-corrected chi connectivity index (χ3v) is 2.84. The van der Waals surface area contributed by atoms with Gasteiger partial charge < -0.3 is 15.8 Å². The van der Waals surface area contributed by atoms with Crippen molar-refractivity contribution < 1.29 is 9.53 Å². The number of hydrogen-bond donors (Lipinski definition) is 2. The standard InChI is InChI=1S/C10H20N2O2.ClH/c1-14-6-5-10(13)12-9-4-2-3-8(9)7-11;/h8-9H,2-7,11H2,1H3,(H,12,13);1H. The van der Waals surface area contributed by atoms with Crippen molar-refractivity contribution in [1.29, 1.82) is 0 Å². The molecule has 0 radical (unpaired) electrons. The average Bonchev–Trinajstić information content (AvgIpc) is 2.62. The molecule has 2 unspecified atom stereocenters. The molecule has 3 N–H and O–H groups in total. The first-order chi connectivity index (χ1) is 6.77. The molecule has 0 aliphatic heterocycles. The Labute approximate surface area is 97.3 Å². The molecule has 1 amide bonds. The van der Waals surface area contributed by atoms with E-state index >= 15 is 0 Å². The number of hydrogen-bond acceptors (Lipinski definition) is 3. The molecule has 0 bridgehead atoms. The maximum atomic E-state index is 11.4. The lowest BCUT2D eigenvalue weighted by Crippen LogP contribution is -2.40. The van der Waals surface area contributed by atoms with Gasteiger partial charge in [-0.25, -0.2) is 0 Å². The van der Waals surface area contributed by atoms with E-state index in [2.05, 4.69) is 5.32 Å². The normalized spacial score (nSPS) is 24.7. The van der Waals surface area contributed by atoms with E-state index in [0.29, 0.717) is 31.5 Å². The zero-order valence-corrected chi connectivity index (χ0v) is 10.0. The van der Waals surface area contributed by atoms with Crippen LogP contribution >= 0.6 is 12.4 Å². The van der Waals surface area contributed by atoms with Crippen LogP contribution < -0.4 is 11.1 Å². The van der Waals surface area contributed by atoms with Gasteiger partial charge in [0.25, 0.3) is 0 Å². The van der Waals surface area contributed by atoms with Crippen molar-refractivity contribution in [3.8, 4) is 0 Å². The fraction of sp³-hybridized carbons (Fsp3) is 0.900. The van der Waals surface area contributed by atoms with E-state index in [1.54, 1.807) is 7.11 Å². The molecule has 5 heteroatoms. The minimum Gasteiger partial charge on any atom is -0.384 e. The quantitative estimate of drug-likeness (QED) is 0.738. The Balaban J connectivity index is 0.00000196. The van der Waals surface area contributed by atoms with Gasteiger partial charge in [0.2, 0.25) is 5.91 Å². The summed E-state index contributed by atoms with van der Waals surface area (Å²) in [6.07, 6.45) is 3.84. The topological polar surface area (TPSA) is 64.3 Å². The number of methoxy groups -OCH3 is 1. The number of amides is 1. The van der Waals surface area contributed by atoms with E-state index in [0.717, 1.165) is 12.8 Å². The Kier molecular flexibility index (Phi) is 7.74. The molecule has 15 heavy (non-hydrogen) atoms. The van der Waals surface area contributed by atoms with Gasteiger partial charge in [0.1, 0.15) is 0 Å². The lowest BCUT2D eigenvalue weighted by atomic mass is 10.0. The number of rotatable bonds is 5. The summed E-state index contributed by atoms with van der Waals surface area (Å²) in [4.78, 5) is 11.4. The molecule has 1 saturated carbocycles. The molecule has 0 heterocycles. The first kappa shape index (κ1) is 14.7. The van der Waals surface area contributed by atoms with Crippen LogP contribution in [-0.2, 0) is 9.53 Å². The van der Waals surface area contributed by atoms with E-state index in [1.807, 2.05) is 0 Å². The zero-order valence-electron chi connectivity index (χ0n) is 9.20. The van der Waals surface area contributed by atoms with Crippen molar-refractivity contribution in [2.24, 2.45) is 11.7 Å². The van der Waals surface area contributed by atoms with Crippen LogP contribution in [0.1, 0.15) is 25.7 Å². The van der Waals surface area contributed by atoms with Crippen LogP contribution in [0, 0.1) is 5.92 Å². The molecule has 1 aliphatic rings. The molecule has 0 spiro atoms. The third kappa shape index (κ3) is 4.82. The predicted molar refractivity (Wildman–Crippen MR) is 62.1 cm³/mol. The van der Waals surface area contributed by atoms with E-state index in [1.165, 1.54) is 6.42 Å². The van der Waals surface area contributed by atoms with E-state index in [9.17, 15) is 4.79 Å². The van der Waals surface area contributed by atoms with Crippen molar-refractivity contribution in [1.82, 2.24) is 5.32 Å². The van der Waals surface area contributed by atoms with Crippen LogP contribution in [0.25, 0.3) is 0 Å². The summed E-state index contributed by atoms with van der Waals surface area (Å²) in [5, 5.41) is 3.02. The Hall–Kier alpha value is -0.320. The second-order valence-electron chi connectivity index (χ2n) is 3.84. The first-order valence-corrected chi connectivity index (χ1v) is 5.26. The predicted octanol–water partition coefficient (Wildman–Crippen LogP) is 0.688. The molecule has 0 saturated heterocycles. The number of carbonyl (C=O) groups is 1. The second kappa shape index (κ2) is 7.91. The number of halogens is 1. The third-order valence-electron chi connectivity index (χ3n) is 2.84. The van der Waals surface area contributed by atoms with Crippen molar-refractivity contribution >= 4 is 18.3 Å². The highest BCUT2D eigenvalue weighted by Gasteiger charge is 2.26. The summed E-state index contributed by atoms with van der Waals surface area (Å²) in [5.41, 5.74) is 5.62. The van der Waals surface area contributed by atoms with Gasteiger partial charge in [-0.2, -0.15) is 0 Å². The molecular formula is C10H21ClN2O2. The summed E-state index contributed by atoms with van der Waals surface area (Å²) in [7, 11) is 1.60. The summed E-state index contributed by atoms with van der Waals surface area (Å²) in [6, 6.07) is 0.296. The lowest BCUT2D eigenvalue weighted by molar-refractivity contribution is -0.122. The molecule has 2 atom stereocenters. The van der Waals surface area contributed by atoms with Gasteiger partial charge in [0.15, 0.2) is 0 Å². The molecule has 0 aromatic carbocycles.